The Morgan fingerprint density at radius 3 is 2.54 bits per heavy atom. The van der Waals surface area contributed by atoms with E-state index in [2.05, 4.69) is 39.5 Å². The van der Waals surface area contributed by atoms with Crippen molar-refractivity contribution in [2.24, 2.45) is 0 Å². The van der Waals surface area contributed by atoms with Gasteiger partial charge >= 0.3 is 0 Å². The molecule has 0 saturated carbocycles. The fraction of sp³-hybridized carbons (Fsp3) is 0.385. The van der Waals surface area contributed by atoms with Crippen LogP contribution in [-0.4, -0.2) is 0 Å². The van der Waals surface area contributed by atoms with Gasteiger partial charge in [0.1, 0.15) is 0 Å². The van der Waals surface area contributed by atoms with Crippen LogP contribution in [0.25, 0.3) is 6.08 Å². The van der Waals surface area contributed by atoms with E-state index in [1.807, 2.05) is 6.08 Å². The van der Waals surface area contributed by atoms with E-state index in [-0.39, 0.29) is 0 Å². The van der Waals surface area contributed by atoms with Crippen LogP contribution in [0.4, 0.5) is 0 Å². The highest BCUT2D eigenvalue weighted by molar-refractivity contribution is 5.55. The number of hydrogen-bond acceptors (Lipinski definition) is 0. The Bertz CT molecular complexity index is 308. The summed E-state index contributed by atoms with van der Waals surface area (Å²) in [6.45, 7) is 10.4. The van der Waals surface area contributed by atoms with Crippen molar-refractivity contribution < 1.29 is 0 Å². The van der Waals surface area contributed by atoms with Gasteiger partial charge in [-0.05, 0) is 37.0 Å². The maximum absolute atomic E-state index is 3.86. The predicted molar refractivity (Wildman–Crippen MR) is 60.0 cm³/mol. The van der Waals surface area contributed by atoms with Crippen molar-refractivity contribution in [3.05, 3.63) is 41.0 Å². The van der Waals surface area contributed by atoms with Crippen molar-refractivity contribution in [1.82, 2.24) is 0 Å². The molecule has 0 saturated heterocycles. The van der Waals surface area contributed by atoms with Crippen molar-refractivity contribution in [1.29, 1.82) is 0 Å². The molecule has 0 aliphatic carbocycles. The largest absolute Gasteiger partial charge is 0.0985 e. The van der Waals surface area contributed by atoms with Crippen LogP contribution >= 0.6 is 0 Å². The molecule has 0 aromatic heterocycles. The van der Waals surface area contributed by atoms with Crippen molar-refractivity contribution >= 4 is 6.08 Å². The van der Waals surface area contributed by atoms with Crippen molar-refractivity contribution in [2.75, 3.05) is 0 Å². The highest BCUT2D eigenvalue weighted by Crippen LogP contribution is 2.19. The molecule has 0 unspecified atom stereocenters. The number of rotatable bonds is 3. The zero-order chi connectivity index (χ0) is 9.84. The lowest BCUT2D eigenvalue weighted by atomic mass is 9.96. The van der Waals surface area contributed by atoms with Crippen molar-refractivity contribution in [3.8, 4) is 0 Å². The third kappa shape index (κ3) is 2.21. The standard InChI is InChI=1S/C13H18/c1-5-7-13-11(4)8-10(3)9-12(13)6-2/h6,8-9H,2,5,7H2,1,3-4H3. The van der Waals surface area contributed by atoms with Crippen LogP contribution in [-0.2, 0) is 6.42 Å². The molecule has 0 nitrogen and oxygen atoms in total. The molecular weight excluding hydrogens is 156 g/mol. The summed E-state index contributed by atoms with van der Waals surface area (Å²) in [6, 6.07) is 4.46. The van der Waals surface area contributed by atoms with Gasteiger partial charge in [0.2, 0.25) is 0 Å². The van der Waals surface area contributed by atoms with E-state index in [9.17, 15) is 0 Å². The predicted octanol–water partition coefficient (Wildman–Crippen LogP) is 3.90. The van der Waals surface area contributed by atoms with Crippen LogP contribution in [0.3, 0.4) is 0 Å². The molecule has 0 heteroatoms. The quantitative estimate of drug-likeness (QED) is 0.652. The lowest BCUT2D eigenvalue weighted by Crippen LogP contribution is -1.94. The summed E-state index contributed by atoms with van der Waals surface area (Å²) in [7, 11) is 0. The van der Waals surface area contributed by atoms with Gasteiger partial charge in [-0.15, -0.1) is 0 Å². The van der Waals surface area contributed by atoms with E-state index in [1.54, 1.807) is 0 Å². The van der Waals surface area contributed by atoms with Crippen LogP contribution in [0.15, 0.2) is 18.7 Å². The van der Waals surface area contributed by atoms with Crippen LogP contribution in [0.5, 0.6) is 0 Å². The second-order valence-electron chi connectivity index (χ2n) is 3.60. The molecule has 0 N–H and O–H groups in total. The van der Waals surface area contributed by atoms with Crippen LogP contribution in [0, 0.1) is 13.8 Å². The summed E-state index contributed by atoms with van der Waals surface area (Å²) in [6.07, 6.45) is 4.32. The van der Waals surface area contributed by atoms with E-state index in [1.165, 1.54) is 28.7 Å². The summed E-state index contributed by atoms with van der Waals surface area (Å²) < 4.78 is 0. The van der Waals surface area contributed by atoms with Gasteiger partial charge in [-0.3, -0.25) is 0 Å². The third-order valence-electron chi connectivity index (χ3n) is 2.37. The maximum atomic E-state index is 3.86. The Balaban J connectivity index is 3.21. The van der Waals surface area contributed by atoms with Crippen LogP contribution in [0.1, 0.15) is 35.6 Å². The molecule has 1 rings (SSSR count). The molecule has 0 atom stereocenters. The van der Waals surface area contributed by atoms with Gasteiger partial charge < -0.3 is 0 Å². The molecule has 0 radical (unpaired) electrons. The normalized spacial score (nSPS) is 10.1. The van der Waals surface area contributed by atoms with Gasteiger partial charge in [-0.25, -0.2) is 0 Å². The maximum Gasteiger partial charge on any atom is -0.0225 e. The Hall–Kier alpha value is -1.04. The first-order valence-electron chi connectivity index (χ1n) is 4.91. The minimum Gasteiger partial charge on any atom is -0.0985 e. The van der Waals surface area contributed by atoms with E-state index in [0.29, 0.717) is 0 Å². The molecule has 0 heterocycles. The first kappa shape index (κ1) is 10.0. The van der Waals surface area contributed by atoms with Crippen LogP contribution < -0.4 is 0 Å². The van der Waals surface area contributed by atoms with E-state index in [4.69, 9.17) is 0 Å². The summed E-state index contributed by atoms with van der Waals surface area (Å²) in [5.74, 6) is 0. The summed E-state index contributed by atoms with van der Waals surface area (Å²) in [5.41, 5.74) is 5.49. The van der Waals surface area contributed by atoms with E-state index < -0.39 is 0 Å². The SMILES string of the molecule is C=Cc1cc(C)cc(C)c1CCC. The first-order chi connectivity index (χ1) is 6.19. The van der Waals surface area contributed by atoms with Gasteiger partial charge in [0.05, 0.1) is 0 Å². The second kappa shape index (κ2) is 4.27. The third-order valence-corrected chi connectivity index (χ3v) is 2.37. The van der Waals surface area contributed by atoms with E-state index >= 15 is 0 Å². The summed E-state index contributed by atoms with van der Waals surface area (Å²) in [5, 5.41) is 0. The molecule has 13 heavy (non-hydrogen) atoms. The molecule has 0 amide bonds. The van der Waals surface area contributed by atoms with Gasteiger partial charge in [0.15, 0.2) is 0 Å². The van der Waals surface area contributed by atoms with Gasteiger partial charge in [0.25, 0.3) is 0 Å². The minimum atomic E-state index is 1.16. The highest BCUT2D eigenvalue weighted by Gasteiger charge is 2.02. The van der Waals surface area contributed by atoms with E-state index in [0.717, 1.165) is 6.42 Å². The number of aryl methyl sites for hydroxylation is 2. The average Bonchev–Trinajstić information content (AvgIpc) is 2.09. The monoisotopic (exact) mass is 174 g/mol. The Kier molecular flexibility index (Phi) is 3.30. The van der Waals surface area contributed by atoms with Crippen LogP contribution in [0.2, 0.25) is 0 Å². The van der Waals surface area contributed by atoms with Gasteiger partial charge in [-0.1, -0.05) is 43.7 Å². The lowest BCUT2D eigenvalue weighted by molar-refractivity contribution is 0.909. The highest BCUT2D eigenvalue weighted by atomic mass is 14.1. The Morgan fingerprint density at radius 1 is 1.31 bits per heavy atom. The molecular formula is C13H18. The second-order valence-corrected chi connectivity index (χ2v) is 3.60. The smallest absolute Gasteiger partial charge is 0.0225 e. The fourth-order valence-corrected chi connectivity index (χ4v) is 1.80. The average molecular weight is 174 g/mol. The van der Waals surface area contributed by atoms with Gasteiger partial charge in [0, 0.05) is 0 Å². The Morgan fingerprint density at radius 2 is 2.00 bits per heavy atom. The topological polar surface area (TPSA) is 0 Å². The number of hydrogen-bond donors (Lipinski definition) is 0. The zero-order valence-corrected chi connectivity index (χ0v) is 8.85. The van der Waals surface area contributed by atoms with Crippen molar-refractivity contribution in [2.45, 2.75) is 33.6 Å². The first-order valence-corrected chi connectivity index (χ1v) is 4.91. The Labute approximate surface area is 81.3 Å². The zero-order valence-electron chi connectivity index (χ0n) is 8.85. The fourth-order valence-electron chi connectivity index (χ4n) is 1.80. The molecule has 1 aromatic carbocycles. The molecule has 0 bridgehead atoms. The minimum absolute atomic E-state index is 1.16. The summed E-state index contributed by atoms with van der Waals surface area (Å²) >= 11 is 0. The molecule has 0 spiro atoms. The molecule has 0 fully saturated rings. The molecule has 0 aliphatic rings. The van der Waals surface area contributed by atoms with Crippen molar-refractivity contribution in [3.63, 3.8) is 0 Å². The lowest BCUT2D eigenvalue weighted by Gasteiger charge is -2.10. The summed E-state index contributed by atoms with van der Waals surface area (Å²) in [4.78, 5) is 0. The molecule has 1 aromatic rings. The molecule has 70 valence electrons. The molecule has 0 aliphatic heterocycles. The van der Waals surface area contributed by atoms with Gasteiger partial charge in [-0.2, -0.15) is 0 Å². The number of benzene rings is 1.